The van der Waals surface area contributed by atoms with Gasteiger partial charge in [-0.3, -0.25) is 14.4 Å². The summed E-state index contributed by atoms with van der Waals surface area (Å²) in [7, 11) is 0. The Morgan fingerprint density at radius 3 is 2.58 bits per heavy atom. The average molecular weight is 262 g/mol. The monoisotopic (exact) mass is 262 g/mol. The molecule has 2 amide bonds. The molecule has 1 aromatic carbocycles. The van der Waals surface area contributed by atoms with E-state index in [1.807, 2.05) is 12.1 Å². The zero-order valence-corrected chi connectivity index (χ0v) is 11.0. The summed E-state index contributed by atoms with van der Waals surface area (Å²) < 4.78 is 0. The van der Waals surface area contributed by atoms with Gasteiger partial charge >= 0.3 is 0 Å². The van der Waals surface area contributed by atoms with Crippen molar-refractivity contribution >= 4 is 17.5 Å². The molecule has 102 valence electrons. The molecule has 5 heteroatoms. The summed E-state index contributed by atoms with van der Waals surface area (Å²) in [5.41, 5.74) is 1.64. The summed E-state index contributed by atoms with van der Waals surface area (Å²) >= 11 is 0. The number of hydrogen-bond donors (Lipinski definition) is 1. The average Bonchev–Trinajstić information content (AvgIpc) is 2.41. The second-order valence-corrected chi connectivity index (χ2v) is 4.59. The van der Waals surface area contributed by atoms with Gasteiger partial charge in [0.05, 0.1) is 13.0 Å². The van der Waals surface area contributed by atoms with Gasteiger partial charge in [-0.2, -0.15) is 0 Å². The molecule has 0 unspecified atom stereocenters. The first kappa shape index (κ1) is 13.5. The van der Waals surface area contributed by atoms with Crippen LogP contribution in [0.3, 0.4) is 0 Å². The molecule has 5 nitrogen and oxygen atoms in total. The molecule has 1 N–H and O–H groups in total. The minimum Gasteiger partial charge on any atom is -0.326 e. The molecule has 0 aliphatic carbocycles. The van der Waals surface area contributed by atoms with Crippen molar-refractivity contribution in [2.75, 3.05) is 18.5 Å². The van der Waals surface area contributed by atoms with Crippen molar-refractivity contribution in [1.29, 1.82) is 0 Å². The summed E-state index contributed by atoms with van der Waals surface area (Å²) in [6.45, 7) is 2.75. The van der Waals surface area contributed by atoms with Crippen LogP contribution < -0.4 is 5.32 Å². The summed E-state index contributed by atoms with van der Waals surface area (Å²) in [5.74, 6) is -0.127. The van der Waals surface area contributed by atoms with Crippen LogP contribution in [0.5, 0.6) is 0 Å². The lowest BCUT2D eigenvalue weighted by molar-refractivity contribution is -0.196. The lowest BCUT2D eigenvalue weighted by Crippen LogP contribution is -2.36. The molecule has 0 spiro atoms. The molecule has 19 heavy (non-hydrogen) atoms. The van der Waals surface area contributed by atoms with Crippen molar-refractivity contribution in [2.45, 2.75) is 26.2 Å². The van der Waals surface area contributed by atoms with E-state index in [0.29, 0.717) is 19.6 Å². The zero-order chi connectivity index (χ0) is 13.7. The third kappa shape index (κ3) is 4.06. The number of hydroxylamine groups is 2. The smallest absolute Gasteiger partial charge is 0.250 e. The number of amides is 2. The van der Waals surface area contributed by atoms with Gasteiger partial charge in [0.2, 0.25) is 5.91 Å². The molecule has 1 aromatic rings. The van der Waals surface area contributed by atoms with Crippen LogP contribution >= 0.6 is 0 Å². The van der Waals surface area contributed by atoms with E-state index in [-0.39, 0.29) is 11.8 Å². The Morgan fingerprint density at radius 2 is 2.00 bits per heavy atom. The quantitative estimate of drug-likeness (QED) is 0.902. The van der Waals surface area contributed by atoms with Gasteiger partial charge in [0.15, 0.2) is 0 Å². The van der Waals surface area contributed by atoms with E-state index in [4.69, 9.17) is 4.84 Å². The first-order chi connectivity index (χ1) is 9.15. The molecular formula is C14H18N2O3. The second-order valence-electron chi connectivity index (χ2n) is 4.59. The van der Waals surface area contributed by atoms with Gasteiger partial charge in [-0.05, 0) is 30.5 Å². The summed E-state index contributed by atoms with van der Waals surface area (Å²) in [4.78, 5) is 28.2. The zero-order valence-electron chi connectivity index (χ0n) is 11.0. The number of hydrogen-bond acceptors (Lipinski definition) is 3. The number of anilines is 1. The number of benzene rings is 1. The maximum atomic E-state index is 12.0. The van der Waals surface area contributed by atoms with Crippen LogP contribution in [0.1, 0.15) is 25.3 Å². The highest BCUT2D eigenvalue weighted by atomic mass is 16.7. The van der Waals surface area contributed by atoms with Crippen LogP contribution in [0.2, 0.25) is 0 Å². The van der Waals surface area contributed by atoms with E-state index in [1.165, 1.54) is 12.0 Å². The Kier molecular flexibility index (Phi) is 4.52. The van der Waals surface area contributed by atoms with Gasteiger partial charge in [0, 0.05) is 19.2 Å². The SMILES string of the molecule is CC(=O)Nc1ccc(CC(=O)N2CCCCO2)cc1. The minimum atomic E-state index is -0.106. The van der Waals surface area contributed by atoms with Crippen molar-refractivity contribution in [2.24, 2.45) is 0 Å². The number of carbonyl (C=O) groups is 2. The van der Waals surface area contributed by atoms with E-state index in [2.05, 4.69) is 5.32 Å². The van der Waals surface area contributed by atoms with Gasteiger partial charge in [-0.15, -0.1) is 0 Å². The maximum absolute atomic E-state index is 12.0. The number of nitrogens with one attached hydrogen (secondary N) is 1. The molecule has 1 aliphatic rings. The Bertz CT molecular complexity index is 450. The van der Waals surface area contributed by atoms with Crippen LogP contribution in [0, 0.1) is 0 Å². The predicted molar refractivity (Wildman–Crippen MR) is 71.3 cm³/mol. The third-order valence-electron chi connectivity index (χ3n) is 2.91. The highest BCUT2D eigenvalue weighted by Crippen LogP contribution is 2.13. The van der Waals surface area contributed by atoms with Crippen molar-refractivity contribution in [3.63, 3.8) is 0 Å². The van der Waals surface area contributed by atoms with Crippen LogP contribution in [-0.2, 0) is 20.8 Å². The molecule has 1 aliphatic heterocycles. The second kappa shape index (κ2) is 6.33. The van der Waals surface area contributed by atoms with E-state index >= 15 is 0 Å². The van der Waals surface area contributed by atoms with Crippen LogP contribution in [-0.4, -0.2) is 30.0 Å². The number of rotatable bonds is 3. The molecule has 0 atom stereocenters. The van der Waals surface area contributed by atoms with Gasteiger partial charge in [0.25, 0.3) is 5.91 Å². The van der Waals surface area contributed by atoms with E-state index < -0.39 is 0 Å². The van der Waals surface area contributed by atoms with E-state index in [1.54, 1.807) is 12.1 Å². The van der Waals surface area contributed by atoms with Crippen molar-refractivity contribution < 1.29 is 14.4 Å². The topological polar surface area (TPSA) is 58.6 Å². The highest BCUT2D eigenvalue weighted by Gasteiger charge is 2.17. The maximum Gasteiger partial charge on any atom is 0.250 e. The standard InChI is InChI=1S/C14H18N2O3/c1-11(17)15-13-6-4-12(5-7-13)10-14(18)16-8-2-3-9-19-16/h4-7H,2-3,8-10H2,1H3,(H,15,17). The fourth-order valence-corrected chi connectivity index (χ4v) is 1.97. The normalized spacial score (nSPS) is 15.1. The summed E-state index contributed by atoms with van der Waals surface area (Å²) in [6.07, 6.45) is 2.32. The van der Waals surface area contributed by atoms with E-state index in [9.17, 15) is 9.59 Å². The van der Waals surface area contributed by atoms with Gasteiger partial charge < -0.3 is 5.32 Å². The Hall–Kier alpha value is -1.88. The molecule has 0 aromatic heterocycles. The number of nitrogens with zero attached hydrogens (tertiary/aromatic N) is 1. The molecule has 1 fully saturated rings. The molecule has 0 saturated carbocycles. The minimum absolute atomic E-state index is 0.0213. The van der Waals surface area contributed by atoms with Crippen molar-refractivity contribution in [3.8, 4) is 0 Å². The van der Waals surface area contributed by atoms with Crippen molar-refractivity contribution in [1.82, 2.24) is 5.06 Å². The fourth-order valence-electron chi connectivity index (χ4n) is 1.97. The van der Waals surface area contributed by atoms with E-state index in [0.717, 1.165) is 24.1 Å². The van der Waals surface area contributed by atoms with Gasteiger partial charge in [-0.1, -0.05) is 12.1 Å². The molecule has 0 bridgehead atoms. The predicted octanol–water partition coefficient (Wildman–Crippen LogP) is 1.74. The lowest BCUT2D eigenvalue weighted by atomic mass is 10.1. The third-order valence-corrected chi connectivity index (χ3v) is 2.91. The largest absolute Gasteiger partial charge is 0.326 e. The molecule has 2 rings (SSSR count). The molecule has 1 saturated heterocycles. The number of carbonyl (C=O) groups excluding carboxylic acids is 2. The summed E-state index contributed by atoms with van der Waals surface area (Å²) in [5, 5.41) is 4.14. The van der Waals surface area contributed by atoms with Gasteiger partial charge in [-0.25, -0.2) is 5.06 Å². The fraction of sp³-hybridized carbons (Fsp3) is 0.429. The Balaban J connectivity index is 1.91. The van der Waals surface area contributed by atoms with Crippen LogP contribution in [0.15, 0.2) is 24.3 Å². The highest BCUT2D eigenvalue weighted by molar-refractivity contribution is 5.88. The van der Waals surface area contributed by atoms with Crippen molar-refractivity contribution in [3.05, 3.63) is 29.8 Å². The van der Waals surface area contributed by atoms with Gasteiger partial charge in [0.1, 0.15) is 0 Å². The molecule has 0 radical (unpaired) electrons. The molecule has 1 heterocycles. The Labute approximate surface area is 112 Å². The van der Waals surface area contributed by atoms with Crippen LogP contribution in [0.4, 0.5) is 5.69 Å². The summed E-state index contributed by atoms with van der Waals surface area (Å²) in [6, 6.07) is 7.27. The first-order valence-electron chi connectivity index (χ1n) is 6.45. The molecular weight excluding hydrogens is 244 g/mol. The van der Waals surface area contributed by atoms with Crippen LogP contribution in [0.25, 0.3) is 0 Å². The lowest BCUT2D eigenvalue weighted by Gasteiger charge is -2.25. The first-order valence-corrected chi connectivity index (χ1v) is 6.45. The Morgan fingerprint density at radius 1 is 1.26 bits per heavy atom.